The maximum absolute atomic E-state index is 12.6. The monoisotopic (exact) mass is 303 g/mol. The fraction of sp³-hybridized carbons (Fsp3) is 0.706. The smallest absolute Gasteiger partial charge is 0.254 e. The van der Waals surface area contributed by atoms with Gasteiger partial charge in [0.15, 0.2) is 0 Å². The first-order chi connectivity index (χ1) is 10.5. The summed E-state index contributed by atoms with van der Waals surface area (Å²) in [5, 5.41) is 0. The lowest BCUT2D eigenvalue weighted by atomic mass is 9.75. The van der Waals surface area contributed by atoms with Gasteiger partial charge in [0.1, 0.15) is 5.82 Å². The summed E-state index contributed by atoms with van der Waals surface area (Å²) < 4.78 is 0. The molecular formula is C17H25N3O2. The summed E-state index contributed by atoms with van der Waals surface area (Å²) in [6.07, 6.45) is 6.51. The molecule has 22 heavy (non-hydrogen) atoms. The molecule has 1 saturated heterocycles. The van der Waals surface area contributed by atoms with Crippen LogP contribution in [0.4, 0.5) is 0 Å². The van der Waals surface area contributed by atoms with Crippen LogP contribution in [0, 0.1) is 25.7 Å². The summed E-state index contributed by atoms with van der Waals surface area (Å²) in [5.74, 6) is 2.15. The third-order valence-electron chi connectivity index (χ3n) is 5.31. The highest BCUT2D eigenvalue weighted by Gasteiger charge is 2.33. The quantitative estimate of drug-likeness (QED) is 0.908. The number of nitrogens with one attached hydrogen (secondary N) is 1. The van der Waals surface area contributed by atoms with Gasteiger partial charge >= 0.3 is 0 Å². The number of carbonyl (C=O) groups excluding carboxylic acids is 1. The van der Waals surface area contributed by atoms with Crippen molar-refractivity contribution in [3.63, 3.8) is 0 Å². The molecule has 0 unspecified atom stereocenters. The zero-order valence-electron chi connectivity index (χ0n) is 13.5. The summed E-state index contributed by atoms with van der Waals surface area (Å²) in [6, 6.07) is 0. The van der Waals surface area contributed by atoms with E-state index >= 15 is 0 Å². The molecule has 120 valence electrons. The van der Waals surface area contributed by atoms with Crippen molar-refractivity contribution in [2.24, 2.45) is 11.8 Å². The maximum atomic E-state index is 12.6. The zero-order valence-corrected chi connectivity index (χ0v) is 13.5. The van der Waals surface area contributed by atoms with Crippen molar-refractivity contribution in [3.05, 3.63) is 27.4 Å². The molecule has 1 saturated carbocycles. The average molecular weight is 303 g/mol. The van der Waals surface area contributed by atoms with Crippen molar-refractivity contribution in [1.29, 1.82) is 0 Å². The van der Waals surface area contributed by atoms with E-state index < -0.39 is 0 Å². The molecule has 1 N–H and O–H groups in total. The second-order valence-corrected chi connectivity index (χ2v) is 6.83. The molecule has 0 radical (unpaired) electrons. The van der Waals surface area contributed by atoms with Crippen LogP contribution in [0.2, 0.25) is 0 Å². The third-order valence-corrected chi connectivity index (χ3v) is 5.31. The standard InChI is InChI=1S/C17H25N3O2/c1-11-15(17(22)19-12(2)18-11)9-16(21)20-8-7-13-5-3-4-6-14(13)10-20/h13-14H,3-10H2,1-2H3,(H,18,19,22)/t13-,14-/m0/s1. The minimum atomic E-state index is -0.175. The van der Waals surface area contributed by atoms with Gasteiger partial charge in [-0.25, -0.2) is 4.98 Å². The van der Waals surface area contributed by atoms with Crippen LogP contribution in [-0.4, -0.2) is 33.9 Å². The number of aromatic amines is 1. The van der Waals surface area contributed by atoms with Crippen LogP contribution in [0.1, 0.15) is 49.2 Å². The Kier molecular flexibility index (Phi) is 4.32. The second-order valence-electron chi connectivity index (χ2n) is 6.83. The van der Waals surface area contributed by atoms with Gasteiger partial charge in [0.05, 0.1) is 6.42 Å². The number of hydrogen-bond acceptors (Lipinski definition) is 3. The molecule has 1 aliphatic carbocycles. The Morgan fingerprint density at radius 3 is 2.68 bits per heavy atom. The number of rotatable bonds is 2. The summed E-state index contributed by atoms with van der Waals surface area (Å²) in [6.45, 7) is 5.28. The second kappa shape index (κ2) is 6.23. The van der Waals surface area contributed by atoms with E-state index in [0.717, 1.165) is 25.4 Å². The molecule has 0 bridgehead atoms. The minimum absolute atomic E-state index is 0.0725. The molecule has 2 fully saturated rings. The molecule has 1 aromatic rings. The van der Waals surface area contributed by atoms with Crippen LogP contribution in [0.25, 0.3) is 0 Å². The number of aromatic nitrogens is 2. The topological polar surface area (TPSA) is 66.1 Å². The summed E-state index contributed by atoms with van der Waals surface area (Å²) in [4.78, 5) is 33.5. The van der Waals surface area contributed by atoms with Crippen LogP contribution >= 0.6 is 0 Å². The summed E-state index contributed by atoms with van der Waals surface area (Å²) in [7, 11) is 0. The molecule has 5 heteroatoms. The van der Waals surface area contributed by atoms with Gasteiger partial charge in [-0.2, -0.15) is 0 Å². The highest BCUT2D eigenvalue weighted by molar-refractivity contribution is 5.79. The van der Waals surface area contributed by atoms with Crippen molar-refractivity contribution in [3.8, 4) is 0 Å². The van der Waals surface area contributed by atoms with Crippen LogP contribution in [0.5, 0.6) is 0 Å². The number of hydrogen-bond donors (Lipinski definition) is 1. The number of piperidine rings is 1. The van der Waals surface area contributed by atoms with E-state index in [-0.39, 0.29) is 17.9 Å². The van der Waals surface area contributed by atoms with Gasteiger partial charge in [-0.3, -0.25) is 9.59 Å². The number of nitrogens with zero attached hydrogens (tertiary/aromatic N) is 2. The number of likely N-dealkylation sites (tertiary alicyclic amines) is 1. The van der Waals surface area contributed by atoms with Crippen LogP contribution in [0.3, 0.4) is 0 Å². The Balaban J connectivity index is 1.69. The van der Waals surface area contributed by atoms with Crippen LogP contribution in [0.15, 0.2) is 4.79 Å². The summed E-state index contributed by atoms with van der Waals surface area (Å²) in [5.41, 5.74) is 1.01. The lowest BCUT2D eigenvalue weighted by Crippen LogP contribution is -2.45. The van der Waals surface area contributed by atoms with E-state index in [1.165, 1.54) is 25.7 Å². The Bertz CT molecular complexity index is 623. The van der Waals surface area contributed by atoms with Gasteiger partial charge in [-0.1, -0.05) is 19.3 Å². The van der Waals surface area contributed by atoms with E-state index in [0.29, 0.717) is 23.0 Å². The molecule has 2 atom stereocenters. The van der Waals surface area contributed by atoms with E-state index in [1.807, 2.05) is 4.90 Å². The third kappa shape index (κ3) is 3.08. The van der Waals surface area contributed by atoms with Gasteiger partial charge in [-0.05, 0) is 38.5 Å². The minimum Gasteiger partial charge on any atom is -0.342 e. The number of H-pyrrole nitrogens is 1. The molecule has 1 aromatic heterocycles. The van der Waals surface area contributed by atoms with Gasteiger partial charge in [-0.15, -0.1) is 0 Å². The summed E-state index contributed by atoms with van der Waals surface area (Å²) >= 11 is 0. The highest BCUT2D eigenvalue weighted by Crippen LogP contribution is 2.36. The predicted octanol–water partition coefficient (Wildman–Crippen LogP) is 1.97. The highest BCUT2D eigenvalue weighted by atomic mass is 16.2. The SMILES string of the molecule is Cc1nc(C)c(CC(=O)N2CC[C@@H]3CCCC[C@H]3C2)c(=O)[nH]1. The van der Waals surface area contributed by atoms with Crippen molar-refractivity contribution in [1.82, 2.24) is 14.9 Å². The van der Waals surface area contributed by atoms with Gasteiger partial charge in [0.2, 0.25) is 5.91 Å². The zero-order chi connectivity index (χ0) is 15.7. The molecule has 1 aliphatic heterocycles. The Labute approximate surface area is 131 Å². The largest absolute Gasteiger partial charge is 0.342 e. The Morgan fingerprint density at radius 1 is 1.23 bits per heavy atom. The lowest BCUT2D eigenvalue weighted by Gasteiger charge is -2.41. The number of aryl methyl sites for hydroxylation is 2. The molecule has 2 heterocycles. The Hall–Kier alpha value is -1.65. The average Bonchev–Trinajstić information content (AvgIpc) is 2.50. The van der Waals surface area contributed by atoms with Gasteiger partial charge < -0.3 is 9.88 Å². The predicted molar refractivity (Wildman–Crippen MR) is 84.7 cm³/mol. The van der Waals surface area contributed by atoms with Crippen molar-refractivity contribution < 1.29 is 4.79 Å². The van der Waals surface area contributed by atoms with E-state index in [1.54, 1.807) is 13.8 Å². The van der Waals surface area contributed by atoms with Crippen molar-refractivity contribution in [2.75, 3.05) is 13.1 Å². The number of carbonyl (C=O) groups is 1. The molecule has 2 aliphatic rings. The van der Waals surface area contributed by atoms with Crippen molar-refractivity contribution in [2.45, 2.75) is 52.4 Å². The van der Waals surface area contributed by atoms with Gasteiger partial charge in [0.25, 0.3) is 5.56 Å². The van der Waals surface area contributed by atoms with E-state index in [2.05, 4.69) is 9.97 Å². The molecule has 0 aromatic carbocycles. The first-order valence-corrected chi connectivity index (χ1v) is 8.38. The van der Waals surface area contributed by atoms with Crippen LogP contribution in [-0.2, 0) is 11.2 Å². The molecule has 1 amide bonds. The lowest BCUT2D eigenvalue weighted by molar-refractivity contribution is -0.133. The Morgan fingerprint density at radius 2 is 1.95 bits per heavy atom. The fourth-order valence-corrected chi connectivity index (χ4v) is 4.05. The molecule has 5 nitrogen and oxygen atoms in total. The van der Waals surface area contributed by atoms with Crippen LogP contribution < -0.4 is 5.56 Å². The van der Waals surface area contributed by atoms with Gasteiger partial charge in [0, 0.05) is 24.3 Å². The fourth-order valence-electron chi connectivity index (χ4n) is 4.05. The van der Waals surface area contributed by atoms with E-state index in [4.69, 9.17) is 0 Å². The molecule has 0 spiro atoms. The van der Waals surface area contributed by atoms with Crippen molar-refractivity contribution >= 4 is 5.91 Å². The first kappa shape index (κ1) is 15.3. The number of fused-ring (bicyclic) bond motifs is 1. The first-order valence-electron chi connectivity index (χ1n) is 8.38. The molecule has 3 rings (SSSR count). The van der Waals surface area contributed by atoms with E-state index in [9.17, 15) is 9.59 Å². The maximum Gasteiger partial charge on any atom is 0.254 e. The normalized spacial score (nSPS) is 24.9. The number of amides is 1. The molecular weight excluding hydrogens is 278 g/mol.